The van der Waals surface area contributed by atoms with Gasteiger partial charge in [0.15, 0.2) is 17.0 Å². The Morgan fingerprint density at radius 1 is 0.971 bits per heavy atom. The standard InChI is InChI=1S/C23H24N4O8/c1-13(28)34-17-11-10-15(12-18(17)35-14(2)29)23(25-21(31)32)19(24-3)27(16-8-6-5-7-9-16)22(33)26(4)20(23)30/h5-12,19,24-25H,1-4H3,(H,31,32). The van der Waals surface area contributed by atoms with Crippen LogP contribution in [0.5, 0.6) is 11.5 Å². The Hall–Kier alpha value is -4.45. The van der Waals surface area contributed by atoms with Crippen molar-refractivity contribution in [3.05, 3.63) is 54.1 Å². The third-order valence-corrected chi connectivity index (χ3v) is 5.32. The molecule has 2 aromatic rings. The Morgan fingerprint density at radius 2 is 1.57 bits per heavy atom. The largest absolute Gasteiger partial charge is 0.465 e. The van der Waals surface area contributed by atoms with Gasteiger partial charge >= 0.3 is 24.1 Å². The molecule has 1 heterocycles. The van der Waals surface area contributed by atoms with Gasteiger partial charge in [-0.25, -0.2) is 9.59 Å². The second-order valence-corrected chi connectivity index (χ2v) is 7.63. The number of carboxylic acid groups (broad SMARTS) is 1. The molecule has 12 nitrogen and oxygen atoms in total. The van der Waals surface area contributed by atoms with Crippen molar-refractivity contribution in [3.63, 3.8) is 0 Å². The van der Waals surface area contributed by atoms with E-state index >= 15 is 0 Å². The third kappa shape index (κ3) is 4.64. The van der Waals surface area contributed by atoms with Crippen LogP contribution in [0.4, 0.5) is 15.3 Å². The Balaban J connectivity index is 2.31. The molecule has 2 unspecified atom stereocenters. The van der Waals surface area contributed by atoms with Crippen molar-refractivity contribution >= 4 is 35.7 Å². The number of urea groups is 1. The van der Waals surface area contributed by atoms with Gasteiger partial charge in [0.1, 0.15) is 6.17 Å². The predicted octanol–water partition coefficient (Wildman–Crippen LogP) is 1.64. The van der Waals surface area contributed by atoms with E-state index in [2.05, 4.69) is 10.6 Å². The molecule has 0 saturated carbocycles. The van der Waals surface area contributed by atoms with Crippen LogP contribution in [0.2, 0.25) is 0 Å². The lowest BCUT2D eigenvalue weighted by Gasteiger charge is -2.50. The van der Waals surface area contributed by atoms with Gasteiger partial charge < -0.3 is 19.9 Å². The zero-order valence-electron chi connectivity index (χ0n) is 19.4. The van der Waals surface area contributed by atoms with Crippen LogP contribution in [-0.4, -0.2) is 60.2 Å². The first kappa shape index (κ1) is 25.2. The van der Waals surface area contributed by atoms with Crippen molar-refractivity contribution in [2.45, 2.75) is 25.6 Å². The maximum absolute atomic E-state index is 13.7. The number of para-hydroxylation sites is 1. The third-order valence-electron chi connectivity index (χ3n) is 5.32. The Labute approximate surface area is 200 Å². The molecule has 12 heteroatoms. The van der Waals surface area contributed by atoms with Gasteiger partial charge in [0.05, 0.1) is 0 Å². The summed E-state index contributed by atoms with van der Waals surface area (Å²) in [5.41, 5.74) is -1.68. The minimum atomic E-state index is -2.09. The maximum atomic E-state index is 13.7. The molecule has 184 valence electrons. The number of hydrogen-bond donors (Lipinski definition) is 3. The number of benzene rings is 2. The van der Waals surface area contributed by atoms with Gasteiger partial charge in [0.2, 0.25) is 0 Å². The summed E-state index contributed by atoms with van der Waals surface area (Å²) in [4.78, 5) is 64.1. The van der Waals surface area contributed by atoms with E-state index in [-0.39, 0.29) is 17.1 Å². The van der Waals surface area contributed by atoms with Crippen LogP contribution in [-0.2, 0) is 19.9 Å². The van der Waals surface area contributed by atoms with Crippen LogP contribution in [0.3, 0.4) is 0 Å². The molecule has 1 aliphatic rings. The zero-order chi connectivity index (χ0) is 25.9. The molecular weight excluding hydrogens is 460 g/mol. The highest BCUT2D eigenvalue weighted by atomic mass is 16.6. The lowest BCUT2D eigenvalue weighted by atomic mass is 9.82. The summed E-state index contributed by atoms with van der Waals surface area (Å²) in [5.74, 6) is -2.65. The number of esters is 2. The molecule has 4 amide bonds. The first-order valence-electron chi connectivity index (χ1n) is 10.4. The number of imide groups is 1. The van der Waals surface area contributed by atoms with E-state index in [1.165, 1.54) is 37.2 Å². The Morgan fingerprint density at radius 3 is 2.11 bits per heavy atom. The topological polar surface area (TPSA) is 155 Å². The van der Waals surface area contributed by atoms with Crippen molar-refractivity contribution < 1.29 is 38.6 Å². The average Bonchev–Trinajstić information content (AvgIpc) is 2.80. The number of nitrogens with one attached hydrogen (secondary N) is 2. The highest BCUT2D eigenvalue weighted by molar-refractivity contribution is 6.11. The summed E-state index contributed by atoms with van der Waals surface area (Å²) in [5, 5.41) is 14.9. The second-order valence-electron chi connectivity index (χ2n) is 7.63. The number of carbonyl (C=O) groups excluding carboxylic acids is 4. The quantitative estimate of drug-likeness (QED) is 0.410. The lowest BCUT2D eigenvalue weighted by molar-refractivity contribution is -0.137. The number of anilines is 1. The molecule has 1 saturated heterocycles. The molecule has 3 N–H and O–H groups in total. The van der Waals surface area contributed by atoms with Gasteiger partial charge in [-0.2, -0.15) is 0 Å². The Bertz CT molecular complexity index is 1190. The maximum Gasteiger partial charge on any atom is 0.405 e. The second kappa shape index (κ2) is 9.81. The fourth-order valence-corrected chi connectivity index (χ4v) is 4.00. The van der Waals surface area contributed by atoms with Crippen molar-refractivity contribution in [3.8, 4) is 11.5 Å². The number of rotatable bonds is 6. The number of nitrogens with zero attached hydrogens (tertiary/aromatic N) is 2. The molecule has 2 aromatic carbocycles. The van der Waals surface area contributed by atoms with E-state index in [1.54, 1.807) is 30.3 Å². The summed E-state index contributed by atoms with van der Waals surface area (Å²) in [6.45, 7) is 2.28. The molecule has 3 rings (SSSR count). The van der Waals surface area contributed by atoms with Crippen LogP contribution >= 0.6 is 0 Å². The first-order valence-corrected chi connectivity index (χ1v) is 10.4. The summed E-state index contributed by atoms with van der Waals surface area (Å²) in [6.07, 6.45) is -2.80. The molecule has 0 aromatic heterocycles. The average molecular weight is 484 g/mol. The molecule has 0 spiro atoms. The van der Waals surface area contributed by atoms with Crippen molar-refractivity contribution in [2.24, 2.45) is 0 Å². The van der Waals surface area contributed by atoms with Crippen LogP contribution in [0.15, 0.2) is 48.5 Å². The Kier molecular flexibility index (Phi) is 7.06. The fraction of sp³-hybridized carbons (Fsp3) is 0.261. The normalized spacial score (nSPS) is 19.8. The van der Waals surface area contributed by atoms with Gasteiger partial charge in [0.25, 0.3) is 5.91 Å². The highest BCUT2D eigenvalue weighted by Gasteiger charge is 2.59. The van der Waals surface area contributed by atoms with Crippen LogP contribution in [0.25, 0.3) is 0 Å². The molecule has 1 aliphatic heterocycles. The smallest absolute Gasteiger partial charge is 0.405 e. The van der Waals surface area contributed by atoms with Crippen molar-refractivity contribution in [2.75, 3.05) is 19.0 Å². The predicted molar refractivity (Wildman–Crippen MR) is 122 cm³/mol. The first-order chi connectivity index (χ1) is 16.5. The SMILES string of the molecule is CNC1N(c2ccccc2)C(=O)N(C)C(=O)C1(NC(=O)O)c1ccc(OC(C)=O)c(OC(C)=O)c1. The molecule has 0 bridgehead atoms. The molecular formula is C23H24N4O8. The molecule has 1 fully saturated rings. The van der Waals surface area contributed by atoms with Gasteiger partial charge in [-0.05, 0) is 36.9 Å². The molecule has 35 heavy (non-hydrogen) atoms. The summed E-state index contributed by atoms with van der Waals surface area (Å²) in [7, 11) is 2.69. The number of hydrogen-bond acceptors (Lipinski definition) is 8. The van der Waals surface area contributed by atoms with Gasteiger partial charge in [-0.15, -0.1) is 0 Å². The summed E-state index contributed by atoms with van der Waals surface area (Å²) < 4.78 is 10.3. The number of ether oxygens (including phenoxy) is 2. The molecule has 2 atom stereocenters. The fourth-order valence-electron chi connectivity index (χ4n) is 4.00. The summed E-state index contributed by atoms with van der Waals surface area (Å²) in [6, 6.07) is 11.5. The monoisotopic (exact) mass is 484 g/mol. The molecule has 0 aliphatic carbocycles. The van der Waals surface area contributed by atoms with Crippen LogP contribution < -0.4 is 25.0 Å². The minimum Gasteiger partial charge on any atom is -0.465 e. The van der Waals surface area contributed by atoms with E-state index in [0.717, 1.165) is 18.7 Å². The van der Waals surface area contributed by atoms with E-state index in [1.807, 2.05) is 0 Å². The zero-order valence-corrected chi connectivity index (χ0v) is 19.4. The highest BCUT2D eigenvalue weighted by Crippen LogP contribution is 2.40. The van der Waals surface area contributed by atoms with Gasteiger partial charge in [-0.3, -0.25) is 29.5 Å². The molecule has 0 radical (unpaired) electrons. The van der Waals surface area contributed by atoms with E-state index in [0.29, 0.717) is 5.69 Å². The lowest BCUT2D eigenvalue weighted by Crippen LogP contribution is -2.77. The summed E-state index contributed by atoms with van der Waals surface area (Å²) >= 11 is 0. The van der Waals surface area contributed by atoms with E-state index < -0.39 is 41.7 Å². The van der Waals surface area contributed by atoms with Gasteiger partial charge in [-0.1, -0.05) is 24.3 Å². The number of amides is 4. The van der Waals surface area contributed by atoms with E-state index in [4.69, 9.17) is 9.47 Å². The van der Waals surface area contributed by atoms with Crippen LogP contribution in [0.1, 0.15) is 19.4 Å². The van der Waals surface area contributed by atoms with Gasteiger partial charge in [0, 0.05) is 26.6 Å². The minimum absolute atomic E-state index is 0.0247. The van der Waals surface area contributed by atoms with E-state index in [9.17, 15) is 29.1 Å². The van der Waals surface area contributed by atoms with Crippen molar-refractivity contribution in [1.82, 2.24) is 15.5 Å². The van der Waals surface area contributed by atoms with Crippen molar-refractivity contribution in [1.29, 1.82) is 0 Å². The van der Waals surface area contributed by atoms with Crippen LogP contribution in [0, 0.1) is 0 Å². The number of likely N-dealkylation sites (N-methyl/N-ethyl adjacent to an activating group) is 2. The number of carbonyl (C=O) groups is 5.